The van der Waals surface area contributed by atoms with E-state index in [1.54, 1.807) is 18.3 Å². The van der Waals surface area contributed by atoms with Gasteiger partial charge in [0.2, 0.25) is 5.88 Å². The fourth-order valence-corrected chi connectivity index (χ4v) is 3.16. The fraction of sp³-hybridized carbons (Fsp3) is 0.0769. The predicted octanol–water partition coefficient (Wildman–Crippen LogP) is 5.86. The molecule has 5 heteroatoms. The Morgan fingerprint density at radius 2 is 1.55 bits per heavy atom. The van der Waals surface area contributed by atoms with E-state index in [9.17, 15) is 4.79 Å². The molecule has 5 nitrogen and oxygen atoms in total. The summed E-state index contributed by atoms with van der Waals surface area (Å²) >= 11 is 0. The number of carbonyl (C=O) groups excluding carboxylic acids is 1. The Kier molecular flexibility index (Phi) is 6.24. The molecule has 1 heterocycles. The molecule has 0 saturated carbocycles. The average Bonchev–Trinajstić information content (AvgIpc) is 2.84. The number of methoxy groups -OCH3 is 1. The molecule has 4 rings (SSSR count). The lowest BCUT2D eigenvalue weighted by Crippen LogP contribution is -2.02. The van der Waals surface area contributed by atoms with E-state index in [1.165, 1.54) is 7.11 Å². The minimum absolute atomic E-state index is 0.371. The van der Waals surface area contributed by atoms with Gasteiger partial charge in [-0.3, -0.25) is 0 Å². The van der Waals surface area contributed by atoms with Gasteiger partial charge in [-0.25, -0.2) is 9.78 Å². The van der Waals surface area contributed by atoms with Crippen molar-refractivity contribution in [2.75, 3.05) is 12.4 Å². The van der Waals surface area contributed by atoms with Crippen molar-refractivity contribution in [3.8, 4) is 17.0 Å². The number of nitrogens with one attached hydrogen (secondary N) is 1. The molecule has 0 fully saturated rings. The van der Waals surface area contributed by atoms with Crippen molar-refractivity contribution in [2.24, 2.45) is 0 Å². The van der Waals surface area contributed by atoms with Crippen molar-refractivity contribution in [2.45, 2.75) is 6.61 Å². The number of rotatable bonds is 7. The third-order valence-electron chi connectivity index (χ3n) is 4.75. The number of pyridine rings is 1. The van der Waals surface area contributed by atoms with Gasteiger partial charge in [-0.1, -0.05) is 60.7 Å². The smallest absolute Gasteiger partial charge is 0.337 e. The van der Waals surface area contributed by atoms with Gasteiger partial charge in [-0.2, -0.15) is 0 Å². The van der Waals surface area contributed by atoms with E-state index in [1.807, 2.05) is 78.9 Å². The molecule has 0 aliphatic carbocycles. The largest absolute Gasteiger partial charge is 0.472 e. The molecule has 4 aromatic rings. The highest BCUT2D eigenvalue weighted by Gasteiger charge is 2.12. The third kappa shape index (κ3) is 5.08. The van der Waals surface area contributed by atoms with E-state index in [4.69, 9.17) is 9.47 Å². The normalized spacial score (nSPS) is 10.4. The van der Waals surface area contributed by atoms with Gasteiger partial charge in [0.1, 0.15) is 6.61 Å². The van der Waals surface area contributed by atoms with Crippen LogP contribution in [0.25, 0.3) is 11.1 Å². The summed E-state index contributed by atoms with van der Waals surface area (Å²) in [4.78, 5) is 16.3. The van der Waals surface area contributed by atoms with Gasteiger partial charge in [0.15, 0.2) is 0 Å². The van der Waals surface area contributed by atoms with Crippen molar-refractivity contribution in [3.63, 3.8) is 0 Å². The van der Waals surface area contributed by atoms with Crippen molar-refractivity contribution in [1.29, 1.82) is 0 Å². The van der Waals surface area contributed by atoms with Crippen molar-refractivity contribution in [3.05, 3.63) is 108 Å². The molecular weight excluding hydrogens is 388 g/mol. The molecule has 0 radical (unpaired) electrons. The van der Waals surface area contributed by atoms with E-state index < -0.39 is 0 Å². The highest BCUT2D eigenvalue weighted by atomic mass is 16.5. The summed E-state index contributed by atoms with van der Waals surface area (Å²) in [6.07, 6.45) is 1.75. The number of hydrogen-bond acceptors (Lipinski definition) is 5. The maximum absolute atomic E-state index is 11.8. The quantitative estimate of drug-likeness (QED) is 0.387. The zero-order valence-electron chi connectivity index (χ0n) is 17.1. The first-order chi connectivity index (χ1) is 15.2. The minimum atomic E-state index is -0.371. The molecule has 0 bridgehead atoms. The van der Waals surface area contributed by atoms with Crippen LogP contribution in [0, 0.1) is 0 Å². The number of ether oxygens (including phenoxy) is 2. The van der Waals surface area contributed by atoms with E-state index in [-0.39, 0.29) is 5.97 Å². The van der Waals surface area contributed by atoms with Crippen molar-refractivity contribution >= 4 is 17.3 Å². The molecule has 0 saturated heterocycles. The van der Waals surface area contributed by atoms with Crippen LogP contribution < -0.4 is 10.1 Å². The summed E-state index contributed by atoms with van der Waals surface area (Å²) in [7, 11) is 1.37. The average molecular weight is 410 g/mol. The molecular formula is C26H22N2O3. The monoisotopic (exact) mass is 410 g/mol. The van der Waals surface area contributed by atoms with Crippen LogP contribution >= 0.6 is 0 Å². The lowest BCUT2D eigenvalue weighted by molar-refractivity contribution is 0.0601. The first kappa shape index (κ1) is 20.2. The Balaban J connectivity index is 1.65. The molecule has 0 atom stereocenters. The van der Waals surface area contributed by atoms with Gasteiger partial charge in [-0.05, 0) is 41.5 Å². The van der Waals surface area contributed by atoms with Gasteiger partial charge in [0.05, 0.1) is 24.6 Å². The number of nitrogens with zero attached hydrogens (tertiary/aromatic N) is 1. The van der Waals surface area contributed by atoms with Gasteiger partial charge >= 0.3 is 5.97 Å². The molecule has 0 spiro atoms. The van der Waals surface area contributed by atoms with Crippen molar-refractivity contribution < 1.29 is 14.3 Å². The minimum Gasteiger partial charge on any atom is -0.472 e. The molecule has 0 aliphatic heterocycles. The van der Waals surface area contributed by atoms with Crippen LogP contribution in [0.4, 0.5) is 11.4 Å². The van der Waals surface area contributed by atoms with Crippen LogP contribution in [-0.4, -0.2) is 18.1 Å². The standard InChI is InChI=1S/C26H22N2O3/c1-30-26(29)21-14-12-20(13-15-21)24-16-23(28-22-10-6-3-7-11-22)17-27-25(24)31-18-19-8-4-2-5-9-19/h2-17,28H,18H2,1H3. The number of hydrogen-bond donors (Lipinski definition) is 1. The Bertz CT molecular complexity index is 1140. The molecule has 1 N–H and O–H groups in total. The number of aromatic nitrogens is 1. The van der Waals surface area contributed by atoms with Crippen LogP contribution in [0.1, 0.15) is 15.9 Å². The summed E-state index contributed by atoms with van der Waals surface area (Å²) in [5.74, 6) is 0.151. The predicted molar refractivity (Wildman–Crippen MR) is 122 cm³/mol. The highest BCUT2D eigenvalue weighted by molar-refractivity contribution is 5.90. The maximum Gasteiger partial charge on any atom is 0.337 e. The van der Waals surface area contributed by atoms with Crippen LogP contribution in [0.2, 0.25) is 0 Å². The van der Waals surface area contributed by atoms with Gasteiger partial charge in [0, 0.05) is 11.3 Å². The highest BCUT2D eigenvalue weighted by Crippen LogP contribution is 2.32. The Hall–Kier alpha value is -4.12. The van der Waals surface area contributed by atoms with Crippen LogP contribution in [-0.2, 0) is 11.3 Å². The van der Waals surface area contributed by atoms with Gasteiger partial charge in [-0.15, -0.1) is 0 Å². The molecule has 154 valence electrons. The lowest BCUT2D eigenvalue weighted by Gasteiger charge is -2.14. The topological polar surface area (TPSA) is 60.5 Å². The maximum atomic E-state index is 11.8. The van der Waals surface area contributed by atoms with E-state index in [0.29, 0.717) is 18.1 Å². The van der Waals surface area contributed by atoms with Crippen molar-refractivity contribution in [1.82, 2.24) is 4.98 Å². The molecule has 0 unspecified atom stereocenters. The lowest BCUT2D eigenvalue weighted by atomic mass is 10.0. The molecule has 1 aromatic heterocycles. The second-order valence-electron chi connectivity index (χ2n) is 6.91. The molecule has 3 aromatic carbocycles. The van der Waals surface area contributed by atoms with Crippen LogP contribution in [0.15, 0.2) is 97.2 Å². The number of esters is 1. The van der Waals surface area contributed by atoms with Crippen LogP contribution in [0.3, 0.4) is 0 Å². The van der Waals surface area contributed by atoms with Crippen LogP contribution in [0.5, 0.6) is 5.88 Å². The first-order valence-electron chi connectivity index (χ1n) is 9.90. The molecule has 0 aliphatic rings. The van der Waals surface area contributed by atoms with E-state index in [2.05, 4.69) is 10.3 Å². The summed E-state index contributed by atoms with van der Waals surface area (Å²) in [6, 6.07) is 29.0. The zero-order valence-corrected chi connectivity index (χ0v) is 17.1. The SMILES string of the molecule is COC(=O)c1ccc(-c2cc(Nc3ccccc3)cnc2OCc2ccccc2)cc1. The second-order valence-corrected chi connectivity index (χ2v) is 6.91. The summed E-state index contributed by atoms with van der Waals surface area (Å²) < 4.78 is 10.8. The Labute approximate surface area is 181 Å². The number of carbonyl (C=O) groups is 1. The summed E-state index contributed by atoms with van der Waals surface area (Å²) in [6.45, 7) is 0.409. The fourth-order valence-electron chi connectivity index (χ4n) is 3.16. The first-order valence-corrected chi connectivity index (χ1v) is 9.90. The number of anilines is 2. The molecule has 0 amide bonds. The Morgan fingerprint density at radius 3 is 2.23 bits per heavy atom. The van der Waals surface area contributed by atoms with Gasteiger partial charge in [0.25, 0.3) is 0 Å². The number of benzene rings is 3. The summed E-state index contributed by atoms with van der Waals surface area (Å²) in [5.41, 5.74) is 5.07. The number of para-hydroxylation sites is 1. The van der Waals surface area contributed by atoms with Gasteiger partial charge < -0.3 is 14.8 Å². The zero-order chi connectivity index (χ0) is 21.5. The molecule has 31 heavy (non-hydrogen) atoms. The second kappa shape index (κ2) is 9.59. The Morgan fingerprint density at radius 1 is 0.871 bits per heavy atom. The van der Waals surface area contributed by atoms with E-state index >= 15 is 0 Å². The third-order valence-corrected chi connectivity index (χ3v) is 4.75. The summed E-state index contributed by atoms with van der Waals surface area (Å²) in [5, 5.41) is 3.36. The van der Waals surface area contributed by atoms with E-state index in [0.717, 1.165) is 28.1 Å².